The van der Waals surface area contributed by atoms with E-state index in [1.807, 2.05) is 24.3 Å². The maximum absolute atomic E-state index is 9.29. The van der Waals surface area contributed by atoms with Gasteiger partial charge < -0.3 is 15.6 Å². The number of H-pyrrole nitrogens is 1. The van der Waals surface area contributed by atoms with E-state index in [0.29, 0.717) is 34.0 Å². The number of benzene rings is 2. The highest BCUT2D eigenvalue weighted by atomic mass is 16.5. The third-order valence-corrected chi connectivity index (χ3v) is 3.59. The average molecular weight is 319 g/mol. The Morgan fingerprint density at radius 3 is 2.29 bits per heavy atom. The first-order valence-electron chi connectivity index (χ1n) is 7.22. The predicted octanol–water partition coefficient (Wildman–Crippen LogP) is 3.10. The van der Waals surface area contributed by atoms with Gasteiger partial charge in [0, 0.05) is 5.56 Å². The normalized spacial score (nSPS) is 10.8. The lowest BCUT2D eigenvalue weighted by Gasteiger charge is -2.06. The number of aromatic nitrogens is 4. The van der Waals surface area contributed by atoms with Crippen LogP contribution in [0, 0.1) is 0 Å². The Labute approximate surface area is 136 Å². The highest BCUT2D eigenvalue weighted by Gasteiger charge is 2.12. The van der Waals surface area contributed by atoms with Crippen LogP contribution in [0.2, 0.25) is 0 Å². The lowest BCUT2D eigenvalue weighted by atomic mass is 10.1. The molecule has 4 rings (SSSR count). The van der Waals surface area contributed by atoms with Gasteiger partial charge in [0.1, 0.15) is 35.1 Å². The number of aromatic hydroxyl groups is 1. The number of nitrogen functional groups attached to an aromatic ring is 1. The van der Waals surface area contributed by atoms with Gasteiger partial charge in [-0.2, -0.15) is 5.10 Å². The van der Waals surface area contributed by atoms with Crippen LogP contribution in [-0.4, -0.2) is 25.3 Å². The monoisotopic (exact) mass is 319 g/mol. The predicted molar refractivity (Wildman–Crippen MR) is 89.7 cm³/mol. The van der Waals surface area contributed by atoms with E-state index >= 15 is 0 Å². The van der Waals surface area contributed by atoms with Crippen molar-refractivity contribution in [1.29, 1.82) is 0 Å². The third kappa shape index (κ3) is 2.48. The molecule has 7 nitrogen and oxygen atoms in total. The molecule has 0 amide bonds. The molecule has 0 atom stereocenters. The van der Waals surface area contributed by atoms with Gasteiger partial charge in [-0.3, -0.25) is 5.10 Å². The first-order chi connectivity index (χ1) is 11.7. The SMILES string of the molecule is Nc1ncnc2[nH]nc(-c3ccc(Oc4ccc(O)cc4)cc3)c12. The Balaban J connectivity index is 1.64. The van der Waals surface area contributed by atoms with Crippen LogP contribution in [0.3, 0.4) is 0 Å². The van der Waals surface area contributed by atoms with E-state index in [1.54, 1.807) is 24.3 Å². The Bertz CT molecular complexity index is 994. The van der Waals surface area contributed by atoms with Gasteiger partial charge >= 0.3 is 0 Å². The summed E-state index contributed by atoms with van der Waals surface area (Å²) in [6.45, 7) is 0. The minimum Gasteiger partial charge on any atom is -0.508 e. The smallest absolute Gasteiger partial charge is 0.161 e. The highest BCUT2D eigenvalue weighted by molar-refractivity contribution is 5.97. The number of hydrogen-bond acceptors (Lipinski definition) is 6. The van der Waals surface area contributed by atoms with Crippen molar-refractivity contribution in [1.82, 2.24) is 20.2 Å². The second-order valence-corrected chi connectivity index (χ2v) is 5.18. The quantitative estimate of drug-likeness (QED) is 0.535. The van der Waals surface area contributed by atoms with Crippen LogP contribution in [0.5, 0.6) is 17.2 Å². The molecule has 0 saturated carbocycles. The standard InChI is InChI=1S/C17H13N5O2/c18-16-14-15(21-22-17(14)20-9-19-16)10-1-5-12(6-2-10)24-13-7-3-11(23)4-8-13/h1-9,23H,(H3,18,19,20,21,22). The summed E-state index contributed by atoms with van der Waals surface area (Å²) in [5.74, 6) is 1.90. The maximum Gasteiger partial charge on any atom is 0.161 e. The van der Waals surface area contributed by atoms with Crippen molar-refractivity contribution in [3.8, 4) is 28.5 Å². The molecule has 0 radical (unpaired) electrons. The Morgan fingerprint density at radius 1 is 0.917 bits per heavy atom. The molecular formula is C17H13N5O2. The fraction of sp³-hybridized carbons (Fsp3) is 0. The second-order valence-electron chi connectivity index (χ2n) is 5.18. The lowest BCUT2D eigenvalue weighted by Crippen LogP contribution is -1.92. The molecule has 0 bridgehead atoms. The Kier molecular flexibility index (Phi) is 3.24. The summed E-state index contributed by atoms with van der Waals surface area (Å²) >= 11 is 0. The largest absolute Gasteiger partial charge is 0.508 e. The van der Waals surface area contributed by atoms with Crippen LogP contribution in [0.25, 0.3) is 22.3 Å². The minimum absolute atomic E-state index is 0.197. The molecule has 118 valence electrons. The van der Waals surface area contributed by atoms with Crippen molar-refractivity contribution in [2.45, 2.75) is 0 Å². The fourth-order valence-corrected chi connectivity index (χ4v) is 2.42. The van der Waals surface area contributed by atoms with Crippen LogP contribution in [-0.2, 0) is 0 Å². The third-order valence-electron chi connectivity index (χ3n) is 3.59. The van der Waals surface area contributed by atoms with Crippen molar-refractivity contribution in [3.05, 3.63) is 54.9 Å². The van der Waals surface area contributed by atoms with Gasteiger partial charge in [-0.25, -0.2) is 9.97 Å². The first-order valence-corrected chi connectivity index (χ1v) is 7.22. The number of rotatable bonds is 3. The molecule has 0 fully saturated rings. The molecule has 7 heteroatoms. The van der Waals surface area contributed by atoms with Gasteiger partial charge in [0.2, 0.25) is 0 Å². The fourth-order valence-electron chi connectivity index (χ4n) is 2.42. The number of ether oxygens (including phenoxy) is 1. The van der Waals surface area contributed by atoms with Gasteiger partial charge in [0.25, 0.3) is 0 Å². The molecule has 24 heavy (non-hydrogen) atoms. The number of phenols is 1. The van der Waals surface area contributed by atoms with Crippen LogP contribution in [0.15, 0.2) is 54.9 Å². The summed E-state index contributed by atoms with van der Waals surface area (Å²) in [5.41, 5.74) is 8.10. The van der Waals surface area contributed by atoms with Crippen molar-refractivity contribution in [2.75, 3.05) is 5.73 Å². The van der Waals surface area contributed by atoms with Crippen molar-refractivity contribution in [2.24, 2.45) is 0 Å². The van der Waals surface area contributed by atoms with Gasteiger partial charge in [0.05, 0.1) is 5.39 Å². The number of hydrogen-bond donors (Lipinski definition) is 3. The molecule has 0 aliphatic carbocycles. The molecule has 2 heterocycles. The number of aromatic amines is 1. The molecule has 4 aromatic rings. The number of nitrogens with two attached hydrogens (primary N) is 1. The molecular weight excluding hydrogens is 306 g/mol. The minimum atomic E-state index is 0.197. The summed E-state index contributed by atoms with van der Waals surface area (Å²) < 4.78 is 5.73. The summed E-state index contributed by atoms with van der Waals surface area (Å²) in [6, 6.07) is 14.0. The number of nitrogens with one attached hydrogen (secondary N) is 1. The summed E-state index contributed by atoms with van der Waals surface area (Å²) in [7, 11) is 0. The van der Waals surface area contributed by atoms with Gasteiger partial charge in [0.15, 0.2) is 5.65 Å². The zero-order valence-corrected chi connectivity index (χ0v) is 12.5. The topological polar surface area (TPSA) is 110 Å². The summed E-state index contributed by atoms with van der Waals surface area (Å²) in [4.78, 5) is 8.12. The van der Waals surface area contributed by atoms with Gasteiger partial charge in [-0.15, -0.1) is 0 Å². The number of nitrogens with zero attached hydrogens (tertiary/aromatic N) is 3. The van der Waals surface area contributed by atoms with E-state index < -0.39 is 0 Å². The molecule has 4 N–H and O–H groups in total. The Morgan fingerprint density at radius 2 is 1.58 bits per heavy atom. The van der Waals surface area contributed by atoms with Crippen LogP contribution in [0.1, 0.15) is 0 Å². The number of phenolic OH excluding ortho intramolecular Hbond substituents is 1. The van der Waals surface area contributed by atoms with Crippen molar-refractivity contribution in [3.63, 3.8) is 0 Å². The van der Waals surface area contributed by atoms with Gasteiger partial charge in [-0.05, 0) is 48.5 Å². The molecule has 0 unspecified atom stereocenters. The summed E-state index contributed by atoms with van der Waals surface area (Å²) in [5, 5.41) is 17.1. The number of fused-ring (bicyclic) bond motifs is 1. The average Bonchev–Trinajstić information content (AvgIpc) is 3.03. The zero-order valence-electron chi connectivity index (χ0n) is 12.5. The molecule has 2 aromatic carbocycles. The van der Waals surface area contributed by atoms with Crippen molar-refractivity contribution >= 4 is 16.9 Å². The second kappa shape index (κ2) is 5.54. The first kappa shape index (κ1) is 14.0. The zero-order chi connectivity index (χ0) is 16.5. The molecule has 0 aliphatic heterocycles. The molecule has 0 spiro atoms. The highest BCUT2D eigenvalue weighted by Crippen LogP contribution is 2.30. The van der Waals surface area contributed by atoms with E-state index in [1.165, 1.54) is 6.33 Å². The molecule has 2 aromatic heterocycles. The lowest BCUT2D eigenvalue weighted by molar-refractivity contribution is 0.464. The number of anilines is 1. The van der Waals surface area contributed by atoms with E-state index in [9.17, 15) is 5.11 Å². The van der Waals surface area contributed by atoms with E-state index in [0.717, 1.165) is 5.56 Å². The van der Waals surface area contributed by atoms with E-state index in [4.69, 9.17) is 10.5 Å². The maximum atomic E-state index is 9.29. The van der Waals surface area contributed by atoms with Crippen molar-refractivity contribution < 1.29 is 9.84 Å². The van der Waals surface area contributed by atoms with Gasteiger partial charge in [-0.1, -0.05) is 0 Å². The molecule has 0 aliphatic rings. The van der Waals surface area contributed by atoms with Crippen LogP contribution < -0.4 is 10.5 Å². The molecule has 0 saturated heterocycles. The van der Waals surface area contributed by atoms with Crippen LogP contribution in [0.4, 0.5) is 5.82 Å². The van der Waals surface area contributed by atoms with Crippen LogP contribution >= 0.6 is 0 Å². The van der Waals surface area contributed by atoms with E-state index in [2.05, 4.69) is 20.2 Å². The van der Waals surface area contributed by atoms with E-state index in [-0.39, 0.29) is 5.75 Å². The Hall–Kier alpha value is -3.61. The summed E-state index contributed by atoms with van der Waals surface area (Å²) in [6.07, 6.45) is 1.40.